The number of nitrogens with one attached hydrogen (secondary N) is 1. The Balaban J connectivity index is 2.60. The molecule has 0 fully saturated rings. The number of benzene rings is 1. The maximum Gasteiger partial charge on any atom is 0.322 e. The zero-order valence-electron chi connectivity index (χ0n) is 9.46. The Morgan fingerprint density at radius 2 is 2.16 bits per heavy atom. The second-order valence-corrected chi connectivity index (χ2v) is 4.06. The number of anilines is 1. The molecule has 0 atom stereocenters. The van der Waals surface area contributed by atoms with Crippen LogP contribution in [0.2, 0.25) is 5.02 Å². The van der Waals surface area contributed by atoms with Crippen LogP contribution in [0.3, 0.4) is 0 Å². The van der Waals surface area contributed by atoms with Crippen molar-refractivity contribution in [3.05, 3.63) is 39.5 Å². The molecular weight excluding hydrogens is 274 g/mol. The Bertz CT molecular complexity index is 674. The van der Waals surface area contributed by atoms with Crippen molar-refractivity contribution in [3.8, 4) is 0 Å². The number of carboxylic acid groups (broad SMARTS) is 1. The summed E-state index contributed by atoms with van der Waals surface area (Å²) in [5.41, 5.74) is -0.222. The Hall–Kier alpha value is -2.41. The van der Waals surface area contributed by atoms with Gasteiger partial charge in [-0.25, -0.2) is 4.98 Å². The van der Waals surface area contributed by atoms with E-state index in [0.717, 1.165) is 0 Å². The van der Waals surface area contributed by atoms with Gasteiger partial charge in [0.1, 0.15) is 17.4 Å². The number of nitrogens with zero attached hydrogens (tertiary/aromatic N) is 2. The van der Waals surface area contributed by atoms with Crippen LogP contribution in [0.4, 0.5) is 11.5 Å². The highest BCUT2D eigenvalue weighted by molar-refractivity contribution is 6.34. The average molecular weight is 282 g/mol. The molecule has 0 saturated heterocycles. The number of aromatic nitrogens is 1. The minimum absolute atomic E-state index is 0.0212. The summed E-state index contributed by atoms with van der Waals surface area (Å²) in [6.07, 6.45) is 1.36. The van der Waals surface area contributed by atoms with Crippen LogP contribution < -0.4 is 5.32 Å². The maximum absolute atomic E-state index is 11.0. The summed E-state index contributed by atoms with van der Waals surface area (Å²) in [6, 6.07) is 4.41. The molecule has 1 aromatic heterocycles. The van der Waals surface area contributed by atoms with Crippen molar-refractivity contribution in [1.29, 1.82) is 0 Å². The van der Waals surface area contributed by atoms with Crippen LogP contribution in [0, 0.1) is 10.1 Å². The van der Waals surface area contributed by atoms with Crippen molar-refractivity contribution in [3.63, 3.8) is 0 Å². The molecule has 98 valence electrons. The number of halogens is 1. The fraction of sp³-hybridized carbons (Fsp3) is 0.0909. The van der Waals surface area contributed by atoms with Gasteiger partial charge < -0.3 is 10.4 Å². The van der Waals surface area contributed by atoms with Crippen LogP contribution in [0.15, 0.2) is 24.4 Å². The Labute approximate surface area is 112 Å². The number of hydrogen-bond donors (Lipinski definition) is 2. The van der Waals surface area contributed by atoms with Gasteiger partial charge in [-0.2, -0.15) is 0 Å². The lowest BCUT2D eigenvalue weighted by Crippen LogP contribution is -2.13. The first-order valence-electron chi connectivity index (χ1n) is 5.18. The van der Waals surface area contributed by atoms with Gasteiger partial charge in [-0.15, -0.1) is 0 Å². The van der Waals surface area contributed by atoms with Gasteiger partial charge in [0.2, 0.25) is 0 Å². The molecular formula is C11H8ClN3O4. The van der Waals surface area contributed by atoms with E-state index >= 15 is 0 Å². The van der Waals surface area contributed by atoms with E-state index in [9.17, 15) is 14.9 Å². The first-order chi connectivity index (χ1) is 9.00. The highest BCUT2D eigenvalue weighted by Crippen LogP contribution is 2.35. The minimum atomic E-state index is -1.05. The SMILES string of the molecule is O=C(O)CNc1nccc2c([N+](=O)[O-])c(Cl)ccc12. The second kappa shape index (κ2) is 5.07. The quantitative estimate of drug-likeness (QED) is 0.658. The fourth-order valence-corrected chi connectivity index (χ4v) is 1.93. The van der Waals surface area contributed by atoms with Gasteiger partial charge in [0.15, 0.2) is 0 Å². The topological polar surface area (TPSA) is 105 Å². The smallest absolute Gasteiger partial charge is 0.322 e. The molecule has 2 N–H and O–H groups in total. The first-order valence-corrected chi connectivity index (χ1v) is 5.56. The van der Waals surface area contributed by atoms with Crippen molar-refractivity contribution in [2.75, 3.05) is 11.9 Å². The first kappa shape index (κ1) is 13.0. The van der Waals surface area contributed by atoms with Crippen LogP contribution in [-0.2, 0) is 4.79 Å². The van der Waals surface area contributed by atoms with E-state index in [4.69, 9.17) is 16.7 Å². The Morgan fingerprint density at radius 1 is 1.42 bits per heavy atom. The van der Waals surface area contributed by atoms with E-state index in [1.807, 2.05) is 0 Å². The summed E-state index contributed by atoms with van der Waals surface area (Å²) in [6.45, 7) is -0.331. The Morgan fingerprint density at radius 3 is 2.79 bits per heavy atom. The largest absolute Gasteiger partial charge is 0.480 e. The van der Waals surface area contributed by atoms with Gasteiger partial charge in [0, 0.05) is 11.6 Å². The third-order valence-corrected chi connectivity index (χ3v) is 2.76. The molecule has 0 radical (unpaired) electrons. The summed E-state index contributed by atoms with van der Waals surface area (Å²) < 4.78 is 0. The van der Waals surface area contributed by atoms with Crippen molar-refractivity contribution in [2.24, 2.45) is 0 Å². The van der Waals surface area contributed by atoms with Gasteiger partial charge in [-0.1, -0.05) is 11.6 Å². The summed E-state index contributed by atoms with van der Waals surface area (Å²) in [4.78, 5) is 24.9. The van der Waals surface area contributed by atoms with E-state index < -0.39 is 10.9 Å². The number of carboxylic acids is 1. The molecule has 0 bridgehead atoms. The molecule has 0 aliphatic rings. The number of hydrogen-bond acceptors (Lipinski definition) is 5. The molecule has 0 amide bonds. The number of aliphatic carboxylic acids is 1. The normalized spacial score (nSPS) is 10.4. The standard InChI is InChI=1S/C11H8ClN3O4/c12-8-2-1-7-6(10(8)15(18)19)3-4-13-11(7)14-5-9(16)17/h1-4H,5H2,(H,13,14)(H,16,17). The van der Waals surface area contributed by atoms with Crippen LogP contribution in [0.25, 0.3) is 10.8 Å². The lowest BCUT2D eigenvalue weighted by atomic mass is 10.1. The molecule has 0 saturated carbocycles. The van der Waals surface area contributed by atoms with Crippen molar-refractivity contribution in [1.82, 2.24) is 4.98 Å². The van der Waals surface area contributed by atoms with Gasteiger partial charge >= 0.3 is 5.97 Å². The van der Waals surface area contributed by atoms with E-state index in [-0.39, 0.29) is 23.1 Å². The predicted octanol–water partition coefficient (Wildman–Crippen LogP) is 2.29. The van der Waals surface area contributed by atoms with Gasteiger partial charge in [-0.3, -0.25) is 14.9 Å². The third-order valence-electron chi connectivity index (χ3n) is 2.46. The minimum Gasteiger partial charge on any atom is -0.480 e. The van der Waals surface area contributed by atoms with E-state index in [1.165, 1.54) is 18.3 Å². The van der Waals surface area contributed by atoms with E-state index in [2.05, 4.69) is 10.3 Å². The van der Waals surface area contributed by atoms with Gasteiger partial charge in [-0.05, 0) is 18.2 Å². The Kier molecular flexibility index (Phi) is 3.48. The zero-order chi connectivity index (χ0) is 14.0. The van der Waals surface area contributed by atoms with Crippen molar-refractivity contribution < 1.29 is 14.8 Å². The van der Waals surface area contributed by atoms with Crippen molar-refractivity contribution >= 4 is 39.8 Å². The molecule has 2 rings (SSSR count). The van der Waals surface area contributed by atoms with Crippen LogP contribution in [0.5, 0.6) is 0 Å². The lowest BCUT2D eigenvalue weighted by Gasteiger charge is -2.07. The van der Waals surface area contributed by atoms with Gasteiger partial charge in [0.05, 0.1) is 10.3 Å². The van der Waals surface area contributed by atoms with Crippen LogP contribution >= 0.6 is 11.6 Å². The van der Waals surface area contributed by atoms with Crippen LogP contribution in [-0.4, -0.2) is 27.5 Å². The second-order valence-electron chi connectivity index (χ2n) is 3.66. The summed E-state index contributed by atoms with van der Waals surface area (Å²) in [5.74, 6) is -0.790. The average Bonchev–Trinajstić information content (AvgIpc) is 2.35. The third kappa shape index (κ3) is 2.55. The van der Waals surface area contributed by atoms with Crippen LogP contribution in [0.1, 0.15) is 0 Å². The monoisotopic (exact) mass is 281 g/mol. The number of nitro groups is 1. The molecule has 0 spiro atoms. The maximum atomic E-state index is 11.0. The number of rotatable bonds is 4. The number of fused-ring (bicyclic) bond motifs is 1. The molecule has 1 heterocycles. The highest BCUT2D eigenvalue weighted by Gasteiger charge is 2.18. The van der Waals surface area contributed by atoms with E-state index in [0.29, 0.717) is 10.8 Å². The molecule has 0 aliphatic heterocycles. The molecule has 7 nitrogen and oxygen atoms in total. The molecule has 0 aliphatic carbocycles. The molecule has 1 aromatic carbocycles. The zero-order valence-corrected chi connectivity index (χ0v) is 10.2. The lowest BCUT2D eigenvalue weighted by molar-refractivity contribution is -0.382. The van der Waals surface area contributed by atoms with Crippen molar-refractivity contribution in [2.45, 2.75) is 0 Å². The molecule has 8 heteroatoms. The highest BCUT2D eigenvalue weighted by atomic mass is 35.5. The summed E-state index contributed by atoms with van der Waals surface area (Å²) in [7, 11) is 0. The number of carbonyl (C=O) groups is 1. The molecule has 19 heavy (non-hydrogen) atoms. The number of nitro benzene ring substituents is 1. The van der Waals surface area contributed by atoms with E-state index in [1.54, 1.807) is 6.07 Å². The molecule has 0 unspecified atom stereocenters. The predicted molar refractivity (Wildman–Crippen MR) is 69.5 cm³/mol. The summed E-state index contributed by atoms with van der Waals surface area (Å²) >= 11 is 5.80. The fourth-order valence-electron chi connectivity index (χ4n) is 1.70. The summed E-state index contributed by atoms with van der Waals surface area (Å²) in [5, 5.41) is 23.0. The number of pyridine rings is 1. The molecule has 2 aromatic rings. The van der Waals surface area contributed by atoms with Gasteiger partial charge in [0.25, 0.3) is 5.69 Å².